The smallest absolute Gasteiger partial charge is 0.298 e. The van der Waals surface area contributed by atoms with E-state index in [1.54, 1.807) is 24.3 Å². The van der Waals surface area contributed by atoms with Gasteiger partial charge in [0.25, 0.3) is 6.47 Å². The molecule has 0 aliphatic rings. The number of nitrogens with zero attached hydrogens (tertiary/aromatic N) is 2. The van der Waals surface area contributed by atoms with Gasteiger partial charge in [0.15, 0.2) is 5.75 Å². The Morgan fingerprint density at radius 1 is 1.10 bits per heavy atom. The summed E-state index contributed by atoms with van der Waals surface area (Å²) in [6.07, 6.45) is 0. The van der Waals surface area contributed by atoms with Crippen molar-refractivity contribution in [3.8, 4) is 11.5 Å². The van der Waals surface area contributed by atoms with Gasteiger partial charge < -0.3 is 9.62 Å². The molecule has 0 amide bonds. The fraction of sp³-hybridized carbons (Fsp3) is 0.0714. The van der Waals surface area contributed by atoms with Gasteiger partial charge >= 0.3 is 0 Å². The summed E-state index contributed by atoms with van der Waals surface area (Å²) < 4.78 is 4.68. The van der Waals surface area contributed by atoms with Crippen LogP contribution >= 0.6 is 0 Å². The van der Waals surface area contributed by atoms with Crippen molar-refractivity contribution < 1.29 is 19.3 Å². The van der Waals surface area contributed by atoms with Gasteiger partial charge in [-0.15, -0.1) is 5.10 Å². The summed E-state index contributed by atoms with van der Waals surface area (Å²) in [6.45, 7) is 0.641. The van der Waals surface area contributed by atoms with E-state index in [0.29, 0.717) is 18.0 Å². The van der Waals surface area contributed by atoms with Gasteiger partial charge in [-0.1, -0.05) is 11.3 Å². The van der Waals surface area contributed by atoms with E-state index in [4.69, 9.17) is 9.78 Å². The first-order chi connectivity index (χ1) is 10.3. The molecule has 0 atom stereocenters. The highest BCUT2D eigenvalue weighted by atomic mass is 17.2. The molecule has 106 valence electrons. The quantitative estimate of drug-likeness (QED) is 0.423. The van der Waals surface area contributed by atoms with Crippen molar-refractivity contribution in [2.45, 2.75) is 6.61 Å². The van der Waals surface area contributed by atoms with Gasteiger partial charge in [0.05, 0.1) is 5.52 Å². The molecular formula is C14H11N3O4. The second kappa shape index (κ2) is 6.02. The van der Waals surface area contributed by atoms with Crippen LogP contribution in [0.1, 0.15) is 5.56 Å². The van der Waals surface area contributed by atoms with E-state index < -0.39 is 0 Å². The molecular weight excluding hydrogens is 274 g/mol. The van der Waals surface area contributed by atoms with Gasteiger partial charge in [0.2, 0.25) is 0 Å². The normalized spacial score (nSPS) is 10.5. The molecule has 0 radical (unpaired) electrons. The number of H-pyrrole nitrogens is 1. The van der Waals surface area contributed by atoms with Crippen LogP contribution in [0.25, 0.3) is 11.0 Å². The highest BCUT2D eigenvalue weighted by Gasteiger charge is 2.01. The van der Waals surface area contributed by atoms with Crippen LogP contribution in [0.4, 0.5) is 0 Å². The van der Waals surface area contributed by atoms with Gasteiger partial charge in [0, 0.05) is 0 Å². The Bertz CT molecular complexity index is 739. The van der Waals surface area contributed by atoms with E-state index in [0.717, 1.165) is 16.6 Å². The minimum Gasteiger partial charge on any atom is -0.429 e. The number of hydrogen-bond donors (Lipinski definition) is 1. The second-order valence-corrected chi connectivity index (χ2v) is 4.19. The number of rotatable bonds is 6. The lowest BCUT2D eigenvalue weighted by atomic mass is 10.2. The van der Waals surface area contributed by atoms with Crippen molar-refractivity contribution in [1.29, 1.82) is 0 Å². The number of fused-ring (bicyclic) bond motifs is 1. The first kappa shape index (κ1) is 13.1. The van der Waals surface area contributed by atoms with E-state index in [1.807, 2.05) is 18.2 Å². The van der Waals surface area contributed by atoms with Crippen molar-refractivity contribution in [1.82, 2.24) is 15.4 Å². The molecule has 1 N–H and O–H groups in total. The summed E-state index contributed by atoms with van der Waals surface area (Å²) in [5.74, 6) is 0.949. The van der Waals surface area contributed by atoms with Gasteiger partial charge in [-0.2, -0.15) is 4.89 Å². The third-order valence-corrected chi connectivity index (χ3v) is 2.78. The fourth-order valence-corrected chi connectivity index (χ4v) is 1.77. The topological polar surface area (TPSA) is 86.3 Å². The summed E-state index contributed by atoms with van der Waals surface area (Å²) in [6, 6.07) is 12.1. The highest BCUT2D eigenvalue weighted by molar-refractivity contribution is 5.73. The third-order valence-electron chi connectivity index (χ3n) is 2.78. The van der Waals surface area contributed by atoms with Crippen LogP contribution in [-0.2, 0) is 16.3 Å². The van der Waals surface area contributed by atoms with Crippen LogP contribution in [0.5, 0.6) is 11.5 Å². The second-order valence-electron chi connectivity index (χ2n) is 4.19. The largest absolute Gasteiger partial charge is 0.429 e. The average molecular weight is 285 g/mol. The predicted molar refractivity (Wildman–Crippen MR) is 72.4 cm³/mol. The monoisotopic (exact) mass is 285 g/mol. The number of nitrogens with one attached hydrogen (secondary N) is 1. The van der Waals surface area contributed by atoms with Crippen molar-refractivity contribution in [3.05, 3.63) is 48.0 Å². The summed E-state index contributed by atoms with van der Waals surface area (Å²) in [5.41, 5.74) is 2.55. The minimum absolute atomic E-state index is 0.273. The van der Waals surface area contributed by atoms with E-state index >= 15 is 0 Å². The lowest BCUT2D eigenvalue weighted by molar-refractivity contribution is -0.217. The van der Waals surface area contributed by atoms with E-state index in [2.05, 4.69) is 20.1 Å². The lowest BCUT2D eigenvalue weighted by Crippen LogP contribution is -1.98. The molecule has 0 bridgehead atoms. The molecule has 3 aromatic rings. The van der Waals surface area contributed by atoms with Crippen LogP contribution < -0.4 is 9.62 Å². The molecule has 0 saturated carbocycles. The Morgan fingerprint density at radius 3 is 2.71 bits per heavy atom. The SMILES string of the molecule is O=COc1ccc(OOCc2ccc3[nH]nnc3c2)cc1. The van der Waals surface area contributed by atoms with Gasteiger partial charge in [-0.3, -0.25) is 9.89 Å². The predicted octanol–water partition coefficient (Wildman–Crippen LogP) is 2.00. The Hall–Kier alpha value is -2.93. The maximum absolute atomic E-state index is 10.2. The standard InChI is InChI=1S/C14H11N3O4/c18-9-19-11-2-4-12(5-3-11)21-20-8-10-1-6-13-14(7-10)16-17-15-13/h1-7,9H,8H2,(H,15,16,17). The number of aromatic nitrogens is 3. The Morgan fingerprint density at radius 2 is 1.90 bits per heavy atom. The maximum atomic E-state index is 10.2. The zero-order valence-electron chi connectivity index (χ0n) is 10.9. The Balaban J connectivity index is 1.56. The molecule has 3 rings (SSSR count). The van der Waals surface area contributed by atoms with Crippen molar-refractivity contribution in [2.75, 3.05) is 0 Å². The zero-order valence-corrected chi connectivity index (χ0v) is 10.9. The fourth-order valence-electron chi connectivity index (χ4n) is 1.77. The molecule has 1 aromatic heterocycles. The molecule has 0 spiro atoms. The summed E-state index contributed by atoms with van der Waals surface area (Å²) >= 11 is 0. The van der Waals surface area contributed by atoms with E-state index in [-0.39, 0.29) is 6.61 Å². The first-order valence-electron chi connectivity index (χ1n) is 6.15. The third kappa shape index (κ3) is 3.15. The van der Waals surface area contributed by atoms with Crippen LogP contribution in [-0.4, -0.2) is 21.9 Å². The number of ether oxygens (including phenoxy) is 1. The molecule has 0 aliphatic carbocycles. The molecule has 2 aromatic carbocycles. The zero-order chi connectivity index (χ0) is 14.5. The molecule has 0 aliphatic heterocycles. The molecule has 21 heavy (non-hydrogen) atoms. The molecule has 7 nitrogen and oxygen atoms in total. The Kier molecular flexibility index (Phi) is 3.74. The maximum Gasteiger partial charge on any atom is 0.298 e. The van der Waals surface area contributed by atoms with Crippen LogP contribution in [0, 0.1) is 0 Å². The number of carbonyl (C=O) groups excluding carboxylic acids is 1. The van der Waals surface area contributed by atoms with Crippen molar-refractivity contribution in [2.24, 2.45) is 0 Å². The van der Waals surface area contributed by atoms with Gasteiger partial charge in [-0.25, -0.2) is 0 Å². The van der Waals surface area contributed by atoms with Crippen LogP contribution in [0.15, 0.2) is 42.5 Å². The van der Waals surface area contributed by atoms with Crippen LogP contribution in [0.3, 0.4) is 0 Å². The van der Waals surface area contributed by atoms with Crippen molar-refractivity contribution >= 4 is 17.5 Å². The number of hydrogen-bond acceptors (Lipinski definition) is 6. The average Bonchev–Trinajstić information content (AvgIpc) is 2.97. The summed E-state index contributed by atoms with van der Waals surface area (Å²) in [5, 5.41) is 10.4. The number of aromatic amines is 1. The minimum atomic E-state index is 0.273. The summed E-state index contributed by atoms with van der Waals surface area (Å²) in [7, 11) is 0. The Labute approximate surface area is 119 Å². The number of carbonyl (C=O) groups is 1. The van der Waals surface area contributed by atoms with E-state index in [9.17, 15) is 4.79 Å². The molecule has 0 saturated heterocycles. The number of benzene rings is 2. The van der Waals surface area contributed by atoms with Gasteiger partial charge in [0.1, 0.15) is 17.9 Å². The van der Waals surface area contributed by atoms with Crippen molar-refractivity contribution in [3.63, 3.8) is 0 Å². The molecule has 7 heteroatoms. The van der Waals surface area contributed by atoms with E-state index in [1.165, 1.54) is 0 Å². The highest BCUT2D eigenvalue weighted by Crippen LogP contribution is 2.18. The lowest BCUT2D eigenvalue weighted by Gasteiger charge is -2.05. The summed E-state index contributed by atoms with van der Waals surface area (Å²) in [4.78, 5) is 20.5. The van der Waals surface area contributed by atoms with Crippen LogP contribution in [0.2, 0.25) is 0 Å². The first-order valence-corrected chi connectivity index (χ1v) is 6.15. The van der Waals surface area contributed by atoms with Gasteiger partial charge in [-0.05, 0) is 42.0 Å². The molecule has 0 unspecified atom stereocenters. The molecule has 1 heterocycles. The molecule has 0 fully saturated rings.